The van der Waals surface area contributed by atoms with Gasteiger partial charge in [0.15, 0.2) is 10.8 Å². The SMILES string of the molecule is CCOC(=O)c1csc(N(C)CC2CCCN2CC)n1. The maximum absolute atomic E-state index is 11.6. The predicted octanol–water partition coefficient (Wildman–Crippen LogP) is 2.24. The standard InChI is InChI=1S/C14H23N3O2S/c1-4-17-8-6-7-11(17)9-16(3)14-15-12(10-20-14)13(18)19-5-2/h10-11H,4-9H2,1-3H3. The molecule has 0 spiro atoms. The van der Waals surface area contributed by atoms with Crippen molar-refractivity contribution in [1.82, 2.24) is 9.88 Å². The summed E-state index contributed by atoms with van der Waals surface area (Å²) in [5.74, 6) is -0.334. The van der Waals surface area contributed by atoms with Gasteiger partial charge in [-0.1, -0.05) is 6.92 Å². The van der Waals surface area contributed by atoms with Crippen LogP contribution in [0.15, 0.2) is 5.38 Å². The van der Waals surface area contributed by atoms with Gasteiger partial charge in [0, 0.05) is 25.0 Å². The molecular weight excluding hydrogens is 274 g/mol. The van der Waals surface area contributed by atoms with Crippen LogP contribution >= 0.6 is 11.3 Å². The summed E-state index contributed by atoms with van der Waals surface area (Å²) >= 11 is 1.50. The van der Waals surface area contributed by atoms with Crippen molar-refractivity contribution in [1.29, 1.82) is 0 Å². The molecular formula is C14H23N3O2S. The summed E-state index contributed by atoms with van der Waals surface area (Å²) in [4.78, 5) is 20.6. The van der Waals surface area contributed by atoms with Crippen molar-refractivity contribution >= 4 is 22.4 Å². The minimum absolute atomic E-state index is 0.334. The van der Waals surface area contributed by atoms with Gasteiger partial charge in [0.2, 0.25) is 0 Å². The third kappa shape index (κ3) is 3.49. The first-order valence-corrected chi connectivity index (χ1v) is 8.11. The first kappa shape index (κ1) is 15.3. The zero-order valence-electron chi connectivity index (χ0n) is 12.5. The molecule has 1 unspecified atom stereocenters. The summed E-state index contributed by atoms with van der Waals surface area (Å²) in [5, 5.41) is 2.66. The van der Waals surface area contributed by atoms with Gasteiger partial charge in [0.25, 0.3) is 0 Å². The lowest BCUT2D eigenvalue weighted by Gasteiger charge is -2.27. The number of carbonyl (C=O) groups excluding carboxylic acids is 1. The molecule has 112 valence electrons. The van der Waals surface area contributed by atoms with Crippen molar-refractivity contribution in [2.45, 2.75) is 32.7 Å². The van der Waals surface area contributed by atoms with Crippen LogP contribution in [0.3, 0.4) is 0 Å². The molecule has 0 saturated carbocycles. The quantitative estimate of drug-likeness (QED) is 0.754. The number of hydrogen-bond donors (Lipinski definition) is 0. The Balaban J connectivity index is 1.95. The number of anilines is 1. The Kier molecular flexibility index (Phi) is 5.37. The largest absolute Gasteiger partial charge is 0.461 e. The second-order valence-corrected chi connectivity index (χ2v) is 5.88. The van der Waals surface area contributed by atoms with Crippen LogP contribution in [0.25, 0.3) is 0 Å². The number of carbonyl (C=O) groups is 1. The van der Waals surface area contributed by atoms with Gasteiger partial charge in [-0.15, -0.1) is 11.3 Å². The van der Waals surface area contributed by atoms with Crippen molar-refractivity contribution in [3.05, 3.63) is 11.1 Å². The van der Waals surface area contributed by atoms with Crippen molar-refractivity contribution < 1.29 is 9.53 Å². The molecule has 0 amide bonds. The fraction of sp³-hybridized carbons (Fsp3) is 0.714. The summed E-state index contributed by atoms with van der Waals surface area (Å²) in [6.45, 7) is 7.65. The van der Waals surface area contributed by atoms with Gasteiger partial charge in [0.05, 0.1) is 6.61 Å². The number of likely N-dealkylation sites (tertiary alicyclic amines) is 1. The van der Waals surface area contributed by atoms with E-state index in [0.29, 0.717) is 18.3 Å². The fourth-order valence-corrected chi connectivity index (χ4v) is 3.42. The Hall–Kier alpha value is -1.14. The van der Waals surface area contributed by atoms with E-state index in [1.165, 1.54) is 30.7 Å². The summed E-state index contributed by atoms with van der Waals surface area (Å²) < 4.78 is 4.97. The summed E-state index contributed by atoms with van der Waals surface area (Å²) in [6, 6.07) is 0.597. The molecule has 1 fully saturated rings. The van der Waals surface area contributed by atoms with Crippen LogP contribution in [0.5, 0.6) is 0 Å². The molecule has 1 aliphatic rings. The minimum Gasteiger partial charge on any atom is -0.461 e. The Morgan fingerprint density at radius 2 is 2.40 bits per heavy atom. The molecule has 0 aliphatic carbocycles. The second kappa shape index (κ2) is 7.04. The van der Waals surface area contributed by atoms with Crippen LogP contribution in [-0.2, 0) is 4.74 Å². The van der Waals surface area contributed by atoms with Gasteiger partial charge in [0.1, 0.15) is 0 Å². The number of ether oxygens (including phenoxy) is 1. The van der Waals surface area contributed by atoms with Gasteiger partial charge in [-0.05, 0) is 32.9 Å². The lowest BCUT2D eigenvalue weighted by molar-refractivity contribution is 0.0520. The highest BCUT2D eigenvalue weighted by Crippen LogP contribution is 2.23. The van der Waals surface area contributed by atoms with Crippen LogP contribution < -0.4 is 4.90 Å². The molecule has 2 heterocycles. The summed E-state index contributed by atoms with van der Waals surface area (Å²) in [7, 11) is 2.04. The molecule has 1 saturated heterocycles. The van der Waals surface area contributed by atoms with E-state index >= 15 is 0 Å². The Labute approximate surface area is 124 Å². The van der Waals surface area contributed by atoms with Crippen LogP contribution in [0.2, 0.25) is 0 Å². The van der Waals surface area contributed by atoms with E-state index in [9.17, 15) is 4.79 Å². The number of rotatable bonds is 6. The highest BCUT2D eigenvalue weighted by atomic mass is 32.1. The third-order valence-electron chi connectivity index (χ3n) is 3.69. The molecule has 1 aliphatic heterocycles. The van der Waals surface area contributed by atoms with E-state index in [1.54, 1.807) is 12.3 Å². The van der Waals surface area contributed by atoms with Crippen molar-refractivity contribution in [3.63, 3.8) is 0 Å². The highest BCUT2D eigenvalue weighted by Gasteiger charge is 2.25. The maximum atomic E-state index is 11.6. The van der Waals surface area contributed by atoms with E-state index in [-0.39, 0.29) is 5.97 Å². The first-order chi connectivity index (χ1) is 9.65. The van der Waals surface area contributed by atoms with Gasteiger partial charge >= 0.3 is 5.97 Å². The molecule has 0 bridgehead atoms. The average molecular weight is 297 g/mol. The van der Waals surface area contributed by atoms with Gasteiger partial charge in [-0.3, -0.25) is 4.90 Å². The molecule has 0 N–H and O–H groups in total. The monoisotopic (exact) mass is 297 g/mol. The van der Waals surface area contributed by atoms with Crippen LogP contribution in [-0.4, -0.2) is 55.2 Å². The van der Waals surface area contributed by atoms with Crippen molar-refractivity contribution in [2.24, 2.45) is 0 Å². The fourth-order valence-electron chi connectivity index (χ4n) is 2.65. The summed E-state index contributed by atoms with van der Waals surface area (Å²) in [5.41, 5.74) is 0.414. The third-order valence-corrected chi connectivity index (χ3v) is 4.65. The lowest BCUT2D eigenvalue weighted by Crippen LogP contribution is -2.38. The first-order valence-electron chi connectivity index (χ1n) is 7.23. The number of thiazole rings is 1. The Bertz CT molecular complexity index is 449. The van der Waals surface area contributed by atoms with Gasteiger partial charge in [-0.25, -0.2) is 9.78 Å². The normalized spacial score (nSPS) is 19.2. The number of nitrogens with zero attached hydrogens (tertiary/aromatic N) is 3. The minimum atomic E-state index is -0.334. The molecule has 1 aromatic rings. The van der Waals surface area contributed by atoms with Crippen molar-refractivity contribution in [3.8, 4) is 0 Å². The molecule has 5 nitrogen and oxygen atoms in total. The Morgan fingerprint density at radius 3 is 3.10 bits per heavy atom. The molecule has 1 atom stereocenters. The zero-order chi connectivity index (χ0) is 14.5. The smallest absolute Gasteiger partial charge is 0.357 e. The second-order valence-electron chi connectivity index (χ2n) is 5.04. The Morgan fingerprint density at radius 1 is 1.60 bits per heavy atom. The molecule has 20 heavy (non-hydrogen) atoms. The van der Waals surface area contributed by atoms with E-state index in [1.807, 2.05) is 7.05 Å². The van der Waals surface area contributed by atoms with E-state index in [0.717, 1.165) is 18.2 Å². The van der Waals surface area contributed by atoms with Crippen LogP contribution in [0.1, 0.15) is 37.2 Å². The highest BCUT2D eigenvalue weighted by molar-refractivity contribution is 7.13. The van der Waals surface area contributed by atoms with Crippen LogP contribution in [0.4, 0.5) is 5.13 Å². The molecule has 2 rings (SSSR count). The summed E-state index contributed by atoms with van der Waals surface area (Å²) in [6.07, 6.45) is 2.52. The molecule has 0 radical (unpaired) electrons. The van der Waals surface area contributed by atoms with Crippen molar-refractivity contribution in [2.75, 3.05) is 38.2 Å². The number of esters is 1. The van der Waals surface area contributed by atoms with E-state index in [4.69, 9.17) is 4.74 Å². The number of aromatic nitrogens is 1. The predicted molar refractivity (Wildman–Crippen MR) is 81.6 cm³/mol. The lowest BCUT2D eigenvalue weighted by atomic mass is 10.2. The topological polar surface area (TPSA) is 45.7 Å². The molecule has 0 aromatic carbocycles. The number of likely N-dealkylation sites (N-methyl/N-ethyl adjacent to an activating group) is 2. The molecule has 6 heteroatoms. The zero-order valence-corrected chi connectivity index (χ0v) is 13.3. The van der Waals surface area contributed by atoms with E-state index in [2.05, 4.69) is 21.7 Å². The van der Waals surface area contributed by atoms with Gasteiger partial charge < -0.3 is 9.64 Å². The number of hydrogen-bond acceptors (Lipinski definition) is 6. The average Bonchev–Trinajstić information content (AvgIpc) is 3.07. The molecule has 1 aromatic heterocycles. The van der Waals surface area contributed by atoms with E-state index < -0.39 is 0 Å². The van der Waals surface area contributed by atoms with Gasteiger partial charge in [-0.2, -0.15) is 0 Å². The maximum Gasteiger partial charge on any atom is 0.357 e. The van der Waals surface area contributed by atoms with Crippen LogP contribution in [0, 0.1) is 0 Å².